The minimum atomic E-state index is -3.19. The number of rotatable bonds is 7. The Balaban J connectivity index is 1.45. The van der Waals surface area contributed by atoms with Crippen molar-refractivity contribution in [2.45, 2.75) is 38.5 Å². The highest BCUT2D eigenvalue weighted by atomic mass is 32.2. The van der Waals surface area contributed by atoms with Crippen LogP contribution in [0.3, 0.4) is 0 Å². The van der Waals surface area contributed by atoms with E-state index in [2.05, 4.69) is 4.72 Å². The normalized spacial score (nSPS) is 18.2. The molecule has 7 nitrogen and oxygen atoms in total. The van der Waals surface area contributed by atoms with E-state index >= 15 is 0 Å². The number of nitrogens with one attached hydrogen (secondary N) is 1. The van der Waals surface area contributed by atoms with Gasteiger partial charge < -0.3 is 9.80 Å². The number of carbonyl (C=O) groups is 2. The molecule has 1 saturated carbocycles. The van der Waals surface area contributed by atoms with E-state index in [1.165, 1.54) is 25.7 Å². The fourth-order valence-corrected chi connectivity index (χ4v) is 4.60. The van der Waals surface area contributed by atoms with Crippen LogP contribution in [-0.4, -0.2) is 69.0 Å². The van der Waals surface area contributed by atoms with Gasteiger partial charge in [-0.05, 0) is 42.9 Å². The molecule has 2 amide bonds. The summed E-state index contributed by atoms with van der Waals surface area (Å²) in [6.07, 6.45) is 7.19. The Bertz CT molecular complexity index is 809. The Morgan fingerprint density at radius 2 is 1.59 bits per heavy atom. The molecule has 0 aromatic heterocycles. The van der Waals surface area contributed by atoms with Gasteiger partial charge in [-0.2, -0.15) is 0 Å². The summed E-state index contributed by atoms with van der Waals surface area (Å²) in [5.74, 6) is 0.762. The lowest BCUT2D eigenvalue weighted by Gasteiger charge is -2.35. The van der Waals surface area contributed by atoms with Crippen molar-refractivity contribution >= 4 is 21.8 Å². The molecule has 0 bridgehead atoms. The van der Waals surface area contributed by atoms with E-state index in [0.29, 0.717) is 57.0 Å². The minimum absolute atomic E-state index is 0.0197. The predicted octanol–water partition coefficient (Wildman–Crippen LogP) is 1.64. The van der Waals surface area contributed by atoms with Gasteiger partial charge >= 0.3 is 0 Å². The topological polar surface area (TPSA) is 86.8 Å². The summed E-state index contributed by atoms with van der Waals surface area (Å²) < 4.78 is 24.7. The molecular formula is C21H31N3O4S. The summed E-state index contributed by atoms with van der Waals surface area (Å²) in [6.45, 7) is 2.67. The molecule has 0 radical (unpaired) electrons. The highest BCUT2D eigenvalue weighted by Gasteiger charge is 2.27. The number of sulfonamides is 1. The molecule has 3 rings (SSSR count). The van der Waals surface area contributed by atoms with Crippen LogP contribution < -0.4 is 4.72 Å². The van der Waals surface area contributed by atoms with E-state index in [9.17, 15) is 18.0 Å². The van der Waals surface area contributed by atoms with Crippen LogP contribution in [0, 0.1) is 5.92 Å². The van der Waals surface area contributed by atoms with E-state index in [0.717, 1.165) is 11.8 Å². The van der Waals surface area contributed by atoms with Gasteiger partial charge in [-0.3, -0.25) is 9.59 Å². The first-order valence-corrected chi connectivity index (χ1v) is 12.3. The largest absolute Gasteiger partial charge is 0.339 e. The van der Waals surface area contributed by atoms with Gasteiger partial charge in [0.15, 0.2) is 0 Å². The number of benzene rings is 1. The fraction of sp³-hybridized carbons (Fsp3) is 0.619. The highest BCUT2D eigenvalue weighted by Crippen LogP contribution is 2.28. The zero-order valence-electron chi connectivity index (χ0n) is 17.1. The number of piperazine rings is 1. The van der Waals surface area contributed by atoms with Gasteiger partial charge in [0.25, 0.3) is 5.91 Å². The molecular weight excluding hydrogens is 390 g/mol. The third kappa shape index (κ3) is 6.54. The average Bonchev–Trinajstić information content (AvgIpc) is 3.20. The molecule has 1 aliphatic heterocycles. The van der Waals surface area contributed by atoms with Gasteiger partial charge in [0.2, 0.25) is 15.9 Å². The van der Waals surface area contributed by atoms with Crippen LogP contribution in [0.4, 0.5) is 0 Å². The van der Waals surface area contributed by atoms with E-state index in [4.69, 9.17) is 0 Å². The van der Waals surface area contributed by atoms with Gasteiger partial charge in [0.05, 0.1) is 6.26 Å². The van der Waals surface area contributed by atoms with Gasteiger partial charge in [-0.1, -0.05) is 25.0 Å². The fourth-order valence-electron chi connectivity index (χ4n) is 4.13. The number of carbonyl (C=O) groups excluding carboxylic acids is 2. The first kappa shape index (κ1) is 21.8. The predicted molar refractivity (Wildman–Crippen MR) is 112 cm³/mol. The monoisotopic (exact) mass is 421 g/mol. The molecule has 0 unspecified atom stereocenters. The first-order chi connectivity index (χ1) is 13.8. The SMILES string of the molecule is CS(=O)(=O)NCCc1ccc(C(=O)N2CCN(C(=O)CC3CCCC3)CC2)cc1. The van der Waals surface area contributed by atoms with Crippen molar-refractivity contribution in [3.05, 3.63) is 35.4 Å². The minimum Gasteiger partial charge on any atom is -0.339 e. The molecule has 1 aromatic rings. The van der Waals surface area contributed by atoms with E-state index in [1.54, 1.807) is 17.0 Å². The molecule has 1 aromatic carbocycles. The summed E-state index contributed by atoms with van der Waals surface area (Å²) in [6, 6.07) is 7.29. The van der Waals surface area contributed by atoms with Crippen LogP contribution in [0.2, 0.25) is 0 Å². The molecule has 2 fully saturated rings. The molecule has 1 N–H and O–H groups in total. The van der Waals surface area contributed by atoms with E-state index in [1.807, 2.05) is 17.0 Å². The van der Waals surface area contributed by atoms with Crippen LogP contribution in [0.25, 0.3) is 0 Å². The Kier molecular flexibility index (Phi) is 7.29. The quantitative estimate of drug-likeness (QED) is 0.725. The van der Waals surface area contributed by atoms with Gasteiger partial charge in [0.1, 0.15) is 0 Å². The third-order valence-corrected chi connectivity index (χ3v) is 6.56. The summed E-state index contributed by atoms with van der Waals surface area (Å²) in [5, 5.41) is 0. The molecule has 0 spiro atoms. The summed E-state index contributed by atoms with van der Waals surface area (Å²) in [5.41, 5.74) is 1.59. The summed E-state index contributed by atoms with van der Waals surface area (Å²) in [4.78, 5) is 28.9. The van der Waals surface area contributed by atoms with Gasteiger partial charge in [-0.25, -0.2) is 13.1 Å². The van der Waals surface area contributed by atoms with Crippen molar-refractivity contribution in [2.75, 3.05) is 39.0 Å². The number of hydrogen-bond donors (Lipinski definition) is 1. The van der Waals surface area contributed by atoms with Crippen molar-refractivity contribution in [1.29, 1.82) is 0 Å². The van der Waals surface area contributed by atoms with Crippen LogP contribution in [0.5, 0.6) is 0 Å². The Labute approximate surface area is 173 Å². The zero-order valence-corrected chi connectivity index (χ0v) is 17.9. The van der Waals surface area contributed by atoms with Gasteiger partial charge in [0, 0.05) is 44.7 Å². The molecule has 160 valence electrons. The van der Waals surface area contributed by atoms with Crippen LogP contribution in [0.1, 0.15) is 48.0 Å². The highest BCUT2D eigenvalue weighted by molar-refractivity contribution is 7.88. The maximum absolute atomic E-state index is 12.7. The Morgan fingerprint density at radius 1 is 1.00 bits per heavy atom. The third-order valence-electron chi connectivity index (χ3n) is 5.84. The second-order valence-electron chi connectivity index (χ2n) is 8.14. The van der Waals surface area contributed by atoms with Crippen molar-refractivity contribution in [3.8, 4) is 0 Å². The van der Waals surface area contributed by atoms with E-state index < -0.39 is 10.0 Å². The van der Waals surface area contributed by atoms with Crippen molar-refractivity contribution in [3.63, 3.8) is 0 Å². The average molecular weight is 422 g/mol. The van der Waals surface area contributed by atoms with Crippen molar-refractivity contribution in [2.24, 2.45) is 5.92 Å². The molecule has 1 aliphatic carbocycles. The number of nitrogens with zero attached hydrogens (tertiary/aromatic N) is 2. The maximum atomic E-state index is 12.7. The molecule has 0 atom stereocenters. The number of hydrogen-bond acceptors (Lipinski definition) is 4. The standard InChI is InChI=1S/C21H31N3O4S/c1-29(27,28)22-11-10-17-6-8-19(9-7-17)21(26)24-14-12-23(13-15-24)20(25)16-18-4-2-3-5-18/h6-9,18,22H,2-5,10-16H2,1H3. The molecule has 1 heterocycles. The lowest BCUT2D eigenvalue weighted by atomic mass is 10.0. The molecule has 8 heteroatoms. The van der Waals surface area contributed by atoms with Crippen LogP contribution in [-0.2, 0) is 21.2 Å². The second-order valence-corrected chi connectivity index (χ2v) is 9.97. The molecule has 2 aliphatic rings. The Morgan fingerprint density at radius 3 is 2.17 bits per heavy atom. The Hall–Kier alpha value is -1.93. The molecule has 1 saturated heterocycles. The lowest BCUT2D eigenvalue weighted by Crippen LogP contribution is -2.50. The lowest BCUT2D eigenvalue weighted by molar-refractivity contribution is -0.133. The maximum Gasteiger partial charge on any atom is 0.253 e. The summed E-state index contributed by atoms with van der Waals surface area (Å²) in [7, 11) is -3.19. The number of amides is 2. The van der Waals surface area contributed by atoms with E-state index in [-0.39, 0.29) is 11.8 Å². The second kappa shape index (κ2) is 9.71. The van der Waals surface area contributed by atoms with Crippen LogP contribution in [0.15, 0.2) is 24.3 Å². The van der Waals surface area contributed by atoms with Crippen molar-refractivity contribution in [1.82, 2.24) is 14.5 Å². The summed E-state index contributed by atoms with van der Waals surface area (Å²) >= 11 is 0. The van der Waals surface area contributed by atoms with Crippen molar-refractivity contribution < 1.29 is 18.0 Å². The van der Waals surface area contributed by atoms with Gasteiger partial charge in [-0.15, -0.1) is 0 Å². The smallest absolute Gasteiger partial charge is 0.253 e. The first-order valence-electron chi connectivity index (χ1n) is 10.4. The van der Waals surface area contributed by atoms with Crippen LogP contribution >= 0.6 is 0 Å². The molecule has 29 heavy (non-hydrogen) atoms. The zero-order chi connectivity index (χ0) is 20.9.